The lowest BCUT2D eigenvalue weighted by Gasteiger charge is -2.26. The summed E-state index contributed by atoms with van der Waals surface area (Å²) in [7, 11) is 2.37. The van der Waals surface area contributed by atoms with E-state index in [2.05, 4.69) is 34.9 Å². The van der Waals surface area contributed by atoms with Crippen LogP contribution in [0.2, 0.25) is 25.7 Å². The Bertz CT molecular complexity index is 1380. The van der Waals surface area contributed by atoms with Gasteiger partial charge in [-0.05, 0) is 36.2 Å². The summed E-state index contributed by atoms with van der Waals surface area (Å²) in [6.45, 7) is 11.7. The quantitative estimate of drug-likeness (QED) is 0.264. The maximum atomic E-state index is 13.6. The van der Waals surface area contributed by atoms with Gasteiger partial charge in [-0.25, -0.2) is 9.78 Å². The van der Waals surface area contributed by atoms with Crippen LogP contribution in [0.1, 0.15) is 34.5 Å². The van der Waals surface area contributed by atoms with Gasteiger partial charge in [0.1, 0.15) is 17.5 Å². The van der Waals surface area contributed by atoms with Gasteiger partial charge in [0.2, 0.25) is 5.95 Å². The van der Waals surface area contributed by atoms with E-state index in [-0.39, 0.29) is 18.1 Å². The van der Waals surface area contributed by atoms with Gasteiger partial charge in [-0.3, -0.25) is 4.79 Å². The Kier molecular flexibility index (Phi) is 10.8. The Labute approximate surface area is 256 Å². The molecule has 3 aromatic rings. The summed E-state index contributed by atoms with van der Waals surface area (Å²) < 4.78 is 12.0. The molecular weight excluding hydrogens is 560 g/mol. The average molecular weight is 605 g/mol. The fraction of sp³-hybridized carbons (Fsp3) is 0.438. The molecule has 1 atom stereocenters. The van der Waals surface area contributed by atoms with Crippen molar-refractivity contribution in [2.45, 2.75) is 45.3 Å². The molecule has 2 heterocycles. The van der Waals surface area contributed by atoms with E-state index in [1.165, 1.54) is 0 Å². The number of amides is 2. The number of benzene rings is 2. The number of carbonyl (C=O) groups excluding carboxylic acids is 2. The van der Waals surface area contributed by atoms with Crippen LogP contribution in [0.25, 0.3) is 0 Å². The van der Waals surface area contributed by atoms with Crippen molar-refractivity contribution in [2.24, 2.45) is 0 Å². The molecule has 2 amide bonds. The van der Waals surface area contributed by atoms with Crippen LogP contribution in [-0.2, 0) is 16.1 Å². The highest BCUT2D eigenvalue weighted by molar-refractivity contribution is 6.76. The second-order valence-corrected chi connectivity index (χ2v) is 17.6. The maximum absolute atomic E-state index is 13.6. The van der Waals surface area contributed by atoms with Crippen LogP contribution in [0.15, 0.2) is 60.8 Å². The third kappa shape index (κ3) is 8.77. The lowest BCUT2D eigenvalue weighted by Crippen LogP contribution is -2.34. The molecule has 11 heteroatoms. The smallest absolute Gasteiger partial charge is 0.409 e. The summed E-state index contributed by atoms with van der Waals surface area (Å²) >= 11 is 0. The van der Waals surface area contributed by atoms with Gasteiger partial charge in [-0.2, -0.15) is 4.98 Å². The summed E-state index contributed by atoms with van der Waals surface area (Å²) in [6.07, 6.45) is 0.890. The molecule has 1 aliphatic rings. The van der Waals surface area contributed by atoms with E-state index in [0.29, 0.717) is 56.7 Å². The highest BCUT2D eigenvalue weighted by Crippen LogP contribution is 2.28. The Balaban J connectivity index is 1.47. The summed E-state index contributed by atoms with van der Waals surface area (Å²) in [5.74, 6) is 0.982. The summed E-state index contributed by atoms with van der Waals surface area (Å²) in [5.41, 5.74) is 3.14. The molecule has 0 aliphatic carbocycles. The molecule has 0 spiro atoms. The monoisotopic (exact) mass is 604 g/mol. The molecule has 43 heavy (non-hydrogen) atoms. The van der Waals surface area contributed by atoms with E-state index >= 15 is 0 Å². The van der Waals surface area contributed by atoms with E-state index < -0.39 is 8.07 Å². The molecule has 0 fully saturated rings. The number of ether oxygens (including phenoxy) is 2. The van der Waals surface area contributed by atoms with E-state index in [0.717, 1.165) is 22.9 Å². The van der Waals surface area contributed by atoms with Crippen molar-refractivity contribution < 1.29 is 19.1 Å². The lowest BCUT2D eigenvalue weighted by molar-refractivity contribution is 0.0164. The fourth-order valence-corrected chi connectivity index (χ4v) is 5.43. The van der Waals surface area contributed by atoms with Crippen molar-refractivity contribution in [1.29, 1.82) is 0 Å². The zero-order chi connectivity index (χ0) is 31.0. The van der Waals surface area contributed by atoms with Gasteiger partial charge >= 0.3 is 6.09 Å². The number of nitrogens with zero attached hydrogens (tertiary/aromatic N) is 5. The minimum atomic E-state index is -1.30. The first kappa shape index (κ1) is 32.0. The first-order valence-electron chi connectivity index (χ1n) is 14.8. The Morgan fingerprint density at radius 1 is 1.12 bits per heavy atom. The average Bonchev–Trinajstić information content (AvgIpc) is 3.10. The van der Waals surface area contributed by atoms with Gasteiger partial charge in [-0.15, -0.1) is 0 Å². The van der Waals surface area contributed by atoms with Crippen LogP contribution in [0.4, 0.5) is 22.2 Å². The number of fused-ring (bicyclic) bond motifs is 1. The Morgan fingerprint density at radius 2 is 1.88 bits per heavy atom. The van der Waals surface area contributed by atoms with E-state index in [1.807, 2.05) is 73.5 Å². The maximum Gasteiger partial charge on any atom is 0.409 e. The minimum Gasteiger partial charge on any atom is -0.450 e. The van der Waals surface area contributed by atoms with Gasteiger partial charge < -0.3 is 29.5 Å². The van der Waals surface area contributed by atoms with Crippen LogP contribution < -0.4 is 15.1 Å². The molecule has 1 aliphatic heterocycles. The van der Waals surface area contributed by atoms with Crippen molar-refractivity contribution in [2.75, 3.05) is 62.0 Å². The number of aromatic nitrogens is 2. The number of anilines is 3. The molecule has 1 aromatic heterocycles. The third-order valence-corrected chi connectivity index (χ3v) is 8.98. The molecule has 1 N–H and O–H groups in total. The normalized spacial score (nSPS) is 14.1. The molecule has 2 aromatic carbocycles. The number of likely N-dealkylation sites (N-methyl/N-ethyl adjacent to an activating group) is 2. The van der Waals surface area contributed by atoms with Crippen LogP contribution in [0.3, 0.4) is 0 Å². The molecule has 230 valence electrons. The van der Waals surface area contributed by atoms with E-state index in [4.69, 9.17) is 9.47 Å². The largest absolute Gasteiger partial charge is 0.450 e. The van der Waals surface area contributed by atoms with Gasteiger partial charge in [0, 0.05) is 53.7 Å². The van der Waals surface area contributed by atoms with E-state index in [1.54, 1.807) is 23.0 Å². The Hall–Kier alpha value is -3.96. The van der Waals surface area contributed by atoms with Crippen molar-refractivity contribution in [3.63, 3.8) is 0 Å². The summed E-state index contributed by atoms with van der Waals surface area (Å²) in [6, 6.07) is 18.6. The van der Waals surface area contributed by atoms with Crippen LogP contribution in [0, 0.1) is 0 Å². The van der Waals surface area contributed by atoms with Crippen LogP contribution >= 0.6 is 0 Å². The predicted molar refractivity (Wildman–Crippen MR) is 174 cm³/mol. The van der Waals surface area contributed by atoms with Gasteiger partial charge in [0.25, 0.3) is 5.91 Å². The highest BCUT2D eigenvalue weighted by Gasteiger charge is 2.28. The molecule has 0 saturated carbocycles. The number of hydrogen-bond acceptors (Lipinski definition) is 8. The first-order valence-corrected chi connectivity index (χ1v) is 18.5. The summed E-state index contributed by atoms with van der Waals surface area (Å²) in [5, 5.41) is 3.12. The predicted octanol–water partition coefficient (Wildman–Crippen LogP) is 5.67. The molecule has 10 nitrogen and oxygen atoms in total. The van der Waals surface area contributed by atoms with Crippen molar-refractivity contribution in [3.05, 3.63) is 77.5 Å². The molecular formula is C32H44N6O4Si. The topological polar surface area (TPSA) is 100 Å². The first-order chi connectivity index (χ1) is 20.6. The summed E-state index contributed by atoms with van der Waals surface area (Å²) in [4.78, 5) is 40.6. The second kappa shape index (κ2) is 14.5. The molecule has 1 unspecified atom stereocenters. The van der Waals surface area contributed by atoms with Gasteiger partial charge in [0.05, 0.1) is 19.8 Å². The zero-order valence-corrected chi connectivity index (χ0v) is 27.2. The van der Waals surface area contributed by atoms with Crippen LogP contribution in [0.5, 0.6) is 0 Å². The minimum absolute atomic E-state index is 0.142. The fourth-order valence-electron chi connectivity index (χ4n) is 4.72. The lowest BCUT2D eigenvalue weighted by atomic mass is 10.1. The van der Waals surface area contributed by atoms with E-state index in [9.17, 15) is 9.59 Å². The SMILES string of the molecule is CCNc1ncc2c(n1)N(C)CCN(c1cccc(COC(CN(C)C(=O)OCC[Si](C)(C)C)c3ccccc3)c1)C2=O. The molecule has 0 radical (unpaired) electrons. The van der Waals surface area contributed by atoms with Crippen molar-refractivity contribution in [1.82, 2.24) is 14.9 Å². The number of rotatable bonds is 12. The van der Waals surface area contributed by atoms with Crippen LogP contribution in [-0.4, -0.2) is 81.8 Å². The Morgan fingerprint density at radius 3 is 2.60 bits per heavy atom. The van der Waals surface area contributed by atoms with Crippen molar-refractivity contribution in [3.8, 4) is 0 Å². The van der Waals surface area contributed by atoms with Gasteiger partial charge in [0.15, 0.2) is 0 Å². The molecule has 0 saturated heterocycles. The molecule has 4 rings (SSSR count). The van der Waals surface area contributed by atoms with Gasteiger partial charge in [-0.1, -0.05) is 62.1 Å². The standard InChI is InChI=1S/C32H44N6O4Si/c1-7-33-31-34-21-27-29(35-31)36(2)16-17-38(30(27)39)26-15-11-12-24(20-26)23-42-28(25-13-9-8-10-14-25)22-37(3)32(40)41-18-19-43(4,5)6/h8-15,20-21,28H,7,16-19,22-23H2,1-6H3,(H,33,34,35). The number of nitrogens with one attached hydrogen (secondary N) is 1. The zero-order valence-electron chi connectivity index (χ0n) is 26.2. The number of hydrogen-bond donors (Lipinski definition) is 1. The third-order valence-electron chi connectivity index (χ3n) is 7.27. The highest BCUT2D eigenvalue weighted by atomic mass is 28.3. The second-order valence-electron chi connectivity index (χ2n) is 12.0. The molecule has 0 bridgehead atoms. The van der Waals surface area contributed by atoms with Crippen molar-refractivity contribution >= 4 is 37.5 Å². The number of carbonyl (C=O) groups is 2.